The van der Waals surface area contributed by atoms with Crippen LogP contribution in [0.2, 0.25) is 5.02 Å². The molecule has 0 aromatic heterocycles. The third-order valence-corrected chi connectivity index (χ3v) is 2.20. The van der Waals surface area contributed by atoms with Gasteiger partial charge in [0.15, 0.2) is 0 Å². The van der Waals surface area contributed by atoms with E-state index in [1.165, 1.54) is 0 Å². The van der Waals surface area contributed by atoms with Gasteiger partial charge in [0.25, 0.3) is 0 Å². The molecule has 19 heavy (non-hydrogen) atoms. The lowest BCUT2D eigenvalue weighted by molar-refractivity contribution is 0.0634. The van der Waals surface area contributed by atoms with E-state index in [0.29, 0.717) is 0 Å². The molecule has 7 heteroatoms. The molecule has 0 atom stereocenters. The quantitative estimate of drug-likeness (QED) is 0.873. The third-order valence-electron chi connectivity index (χ3n) is 1.90. The van der Waals surface area contributed by atoms with Gasteiger partial charge < -0.3 is 9.84 Å². The zero-order valence-corrected chi connectivity index (χ0v) is 11.3. The van der Waals surface area contributed by atoms with Crippen molar-refractivity contribution in [2.45, 2.75) is 26.4 Å². The summed E-state index contributed by atoms with van der Waals surface area (Å²) in [7, 11) is 0. The van der Waals surface area contributed by atoms with Gasteiger partial charge in [-0.15, -0.1) is 0 Å². The monoisotopic (exact) mass is 289 g/mol. The Bertz CT molecular complexity index is 502. The normalized spacial score (nSPS) is 11.0. The van der Waals surface area contributed by atoms with E-state index in [4.69, 9.17) is 21.4 Å². The van der Waals surface area contributed by atoms with Crippen LogP contribution in [0.3, 0.4) is 0 Å². The van der Waals surface area contributed by atoms with Crippen LogP contribution in [0.1, 0.15) is 31.1 Å². The molecule has 0 radical (unpaired) electrons. The van der Waals surface area contributed by atoms with Gasteiger partial charge in [0.05, 0.1) is 5.02 Å². The fourth-order valence-corrected chi connectivity index (χ4v) is 1.56. The fourth-order valence-electron chi connectivity index (χ4n) is 1.27. The first-order valence-corrected chi connectivity index (χ1v) is 5.70. The average Bonchev–Trinajstić information content (AvgIpc) is 2.10. The smallest absolute Gasteiger partial charge is 0.412 e. The topological polar surface area (TPSA) is 75.6 Å². The molecule has 0 fully saturated rings. The van der Waals surface area contributed by atoms with Crippen molar-refractivity contribution in [2.75, 3.05) is 5.32 Å². The number of amides is 1. The van der Waals surface area contributed by atoms with Crippen LogP contribution in [0, 0.1) is 5.82 Å². The van der Waals surface area contributed by atoms with Crippen molar-refractivity contribution in [3.8, 4) is 0 Å². The summed E-state index contributed by atoms with van der Waals surface area (Å²) in [5.41, 5.74) is -1.33. The molecular formula is C12H13ClFNO4. The zero-order valence-electron chi connectivity index (χ0n) is 10.6. The highest BCUT2D eigenvalue weighted by Crippen LogP contribution is 2.25. The Morgan fingerprint density at radius 2 is 1.95 bits per heavy atom. The maximum atomic E-state index is 13.5. The van der Waals surface area contributed by atoms with Crippen LogP contribution in [0.15, 0.2) is 12.1 Å². The number of aromatic carboxylic acids is 1. The van der Waals surface area contributed by atoms with E-state index in [1.54, 1.807) is 20.8 Å². The number of carboxylic acids is 1. The molecule has 1 aromatic carbocycles. The predicted octanol–water partition coefficient (Wildman–Crippen LogP) is 3.52. The summed E-state index contributed by atoms with van der Waals surface area (Å²) < 4.78 is 18.5. The molecule has 1 aromatic rings. The van der Waals surface area contributed by atoms with Gasteiger partial charge in [-0.1, -0.05) is 11.6 Å². The van der Waals surface area contributed by atoms with Gasteiger partial charge in [-0.3, -0.25) is 5.32 Å². The molecule has 5 nitrogen and oxygen atoms in total. The number of nitrogens with one attached hydrogen (secondary N) is 1. The third kappa shape index (κ3) is 4.40. The van der Waals surface area contributed by atoms with Gasteiger partial charge in [-0.05, 0) is 32.9 Å². The zero-order chi connectivity index (χ0) is 14.8. The molecule has 104 valence electrons. The van der Waals surface area contributed by atoms with Crippen LogP contribution in [-0.2, 0) is 4.74 Å². The van der Waals surface area contributed by atoms with Crippen molar-refractivity contribution in [1.29, 1.82) is 0 Å². The molecule has 0 saturated heterocycles. The highest BCUT2D eigenvalue weighted by atomic mass is 35.5. The molecule has 0 bridgehead atoms. The number of carboxylic acid groups (broad SMARTS) is 1. The number of ether oxygens (including phenoxy) is 1. The summed E-state index contributed by atoms with van der Waals surface area (Å²) >= 11 is 5.63. The highest BCUT2D eigenvalue weighted by Gasteiger charge is 2.19. The molecule has 0 saturated carbocycles. The van der Waals surface area contributed by atoms with Crippen LogP contribution in [0.5, 0.6) is 0 Å². The first kappa shape index (κ1) is 15.2. The number of hydrogen-bond acceptors (Lipinski definition) is 3. The van der Waals surface area contributed by atoms with Gasteiger partial charge in [-0.2, -0.15) is 0 Å². The van der Waals surface area contributed by atoms with Crippen molar-refractivity contribution < 1.29 is 23.8 Å². The second-order valence-electron chi connectivity index (χ2n) is 4.75. The maximum Gasteiger partial charge on any atom is 0.412 e. The summed E-state index contributed by atoms with van der Waals surface area (Å²) in [5.74, 6) is -2.52. The second kappa shape index (κ2) is 5.44. The van der Waals surface area contributed by atoms with Gasteiger partial charge in [-0.25, -0.2) is 14.0 Å². The average molecular weight is 290 g/mol. The second-order valence-corrected chi connectivity index (χ2v) is 5.15. The standard InChI is InChI=1S/C12H13ClFNO4/c1-12(2,3)19-11(18)15-6-4-7(13)9(10(16)17)8(14)5-6/h4-5H,1-3H3,(H,15,18)(H,16,17). The first-order valence-electron chi connectivity index (χ1n) is 5.32. The Labute approximate surface area is 114 Å². The largest absolute Gasteiger partial charge is 0.478 e. The number of benzene rings is 1. The van der Waals surface area contributed by atoms with Gasteiger partial charge in [0, 0.05) is 5.69 Å². The van der Waals surface area contributed by atoms with E-state index in [2.05, 4.69) is 5.32 Å². The molecule has 0 aliphatic rings. The molecule has 0 heterocycles. The number of hydrogen-bond donors (Lipinski definition) is 2. The van der Waals surface area contributed by atoms with Crippen molar-refractivity contribution in [1.82, 2.24) is 0 Å². The lowest BCUT2D eigenvalue weighted by Gasteiger charge is -2.19. The number of anilines is 1. The Hall–Kier alpha value is -1.82. The number of carbonyl (C=O) groups excluding carboxylic acids is 1. The molecule has 2 N–H and O–H groups in total. The van der Waals surface area contributed by atoms with Crippen molar-refractivity contribution in [3.63, 3.8) is 0 Å². The summed E-state index contributed by atoms with van der Waals surface area (Å²) in [6.45, 7) is 5.02. The van der Waals surface area contributed by atoms with Gasteiger partial charge in [0.1, 0.15) is 17.0 Å². The first-order chi connectivity index (χ1) is 8.60. The van der Waals surface area contributed by atoms with E-state index < -0.39 is 29.0 Å². The minimum atomic E-state index is -1.48. The van der Waals surface area contributed by atoms with Crippen LogP contribution >= 0.6 is 11.6 Å². The number of rotatable bonds is 2. The lowest BCUT2D eigenvalue weighted by Crippen LogP contribution is -2.27. The molecule has 0 aliphatic heterocycles. The summed E-state index contributed by atoms with van der Waals surface area (Å²) in [5, 5.41) is 10.7. The number of halogens is 2. The summed E-state index contributed by atoms with van der Waals surface area (Å²) in [4.78, 5) is 22.2. The SMILES string of the molecule is CC(C)(C)OC(=O)Nc1cc(F)c(C(=O)O)c(Cl)c1. The minimum Gasteiger partial charge on any atom is -0.478 e. The van der Waals surface area contributed by atoms with Crippen LogP contribution in [0.25, 0.3) is 0 Å². The van der Waals surface area contributed by atoms with Crippen molar-refractivity contribution in [3.05, 3.63) is 28.5 Å². The molecule has 0 spiro atoms. The van der Waals surface area contributed by atoms with Crippen molar-refractivity contribution >= 4 is 29.4 Å². The van der Waals surface area contributed by atoms with Crippen LogP contribution in [0.4, 0.5) is 14.9 Å². The predicted molar refractivity (Wildman–Crippen MR) is 68.2 cm³/mol. The van der Waals surface area contributed by atoms with E-state index in [0.717, 1.165) is 12.1 Å². The lowest BCUT2D eigenvalue weighted by atomic mass is 10.2. The molecule has 0 unspecified atom stereocenters. The summed E-state index contributed by atoms with van der Waals surface area (Å²) in [6.07, 6.45) is -0.786. The maximum absolute atomic E-state index is 13.5. The highest BCUT2D eigenvalue weighted by molar-refractivity contribution is 6.33. The Morgan fingerprint density at radius 1 is 1.37 bits per heavy atom. The Balaban J connectivity index is 2.93. The molecule has 1 amide bonds. The van der Waals surface area contributed by atoms with Gasteiger partial charge in [0.2, 0.25) is 0 Å². The van der Waals surface area contributed by atoms with E-state index >= 15 is 0 Å². The molecule has 1 rings (SSSR count). The van der Waals surface area contributed by atoms with Gasteiger partial charge >= 0.3 is 12.1 Å². The Morgan fingerprint density at radius 3 is 2.37 bits per heavy atom. The number of carbonyl (C=O) groups is 2. The minimum absolute atomic E-state index is 0.0155. The van der Waals surface area contributed by atoms with Crippen LogP contribution in [-0.4, -0.2) is 22.8 Å². The molecule has 0 aliphatic carbocycles. The van der Waals surface area contributed by atoms with E-state index in [1.807, 2.05) is 0 Å². The van der Waals surface area contributed by atoms with Crippen LogP contribution < -0.4 is 5.32 Å². The van der Waals surface area contributed by atoms with E-state index in [9.17, 15) is 14.0 Å². The van der Waals surface area contributed by atoms with Crippen molar-refractivity contribution in [2.24, 2.45) is 0 Å². The fraction of sp³-hybridized carbons (Fsp3) is 0.333. The summed E-state index contributed by atoms with van der Waals surface area (Å²) in [6, 6.07) is 2.00. The van der Waals surface area contributed by atoms with E-state index in [-0.39, 0.29) is 10.7 Å². The Kier molecular flexibility index (Phi) is 4.36. The molecular weight excluding hydrogens is 277 g/mol.